The molecule has 0 radical (unpaired) electrons. The summed E-state index contributed by atoms with van der Waals surface area (Å²) in [6.07, 6.45) is 4.02. The maximum absolute atomic E-state index is 12.4. The Morgan fingerprint density at radius 2 is 2.35 bits per heavy atom. The maximum Gasteiger partial charge on any atom is 0.280 e. The second kappa shape index (κ2) is 7.11. The van der Waals surface area contributed by atoms with E-state index in [1.54, 1.807) is 4.31 Å². The number of nitrogens with one attached hydrogen (secondary N) is 2. The fourth-order valence-corrected chi connectivity index (χ4v) is 3.73. The second-order valence-electron chi connectivity index (χ2n) is 4.74. The Hall–Kier alpha value is -1.03. The van der Waals surface area contributed by atoms with E-state index in [2.05, 4.69) is 24.7 Å². The van der Waals surface area contributed by atoms with Crippen molar-refractivity contribution < 1.29 is 12.9 Å². The Kier molecular flexibility index (Phi) is 5.46. The van der Waals surface area contributed by atoms with Gasteiger partial charge in [0.2, 0.25) is 6.39 Å². The standard InChI is InChI=1S/C11H21N5O3S/c1-2-12-7-10-5-3-4-6-16(10)20(17,18)14-8-11-13-9-19-15-11/h9-10,12,14H,2-8H2,1H3. The third-order valence-corrected chi connectivity index (χ3v) is 4.94. The summed E-state index contributed by atoms with van der Waals surface area (Å²) in [5, 5.41) is 6.81. The number of hydrogen-bond donors (Lipinski definition) is 2. The van der Waals surface area contributed by atoms with Crippen LogP contribution in [0.3, 0.4) is 0 Å². The van der Waals surface area contributed by atoms with Crippen molar-refractivity contribution >= 4 is 10.2 Å². The van der Waals surface area contributed by atoms with E-state index in [9.17, 15) is 8.42 Å². The molecule has 1 aliphatic heterocycles. The monoisotopic (exact) mass is 303 g/mol. The van der Waals surface area contributed by atoms with E-state index in [1.165, 1.54) is 6.39 Å². The van der Waals surface area contributed by atoms with E-state index >= 15 is 0 Å². The highest BCUT2D eigenvalue weighted by Crippen LogP contribution is 2.19. The van der Waals surface area contributed by atoms with Crippen LogP contribution >= 0.6 is 0 Å². The number of hydrogen-bond acceptors (Lipinski definition) is 6. The summed E-state index contributed by atoms with van der Waals surface area (Å²) in [6, 6.07) is 0.00599. The van der Waals surface area contributed by atoms with E-state index in [0.717, 1.165) is 25.8 Å². The van der Waals surface area contributed by atoms with Gasteiger partial charge >= 0.3 is 0 Å². The zero-order valence-electron chi connectivity index (χ0n) is 11.6. The quantitative estimate of drug-likeness (QED) is 0.727. The average Bonchev–Trinajstić information content (AvgIpc) is 2.97. The number of nitrogens with zero attached hydrogens (tertiary/aromatic N) is 3. The minimum absolute atomic E-state index is 0.00599. The molecule has 9 heteroatoms. The normalized spacial score (nSPS) is 21.1. The fraction of sp³-hybridized carbons (Fsp3) is 0.818. The maximum atomic E-state index is 12.4. The van der Waals surface area contributed by atoms with E-state index < -0.39 is 10.2 Å². The summed E-state index contributed by atoms with van der Waals surface area (Å²) in [5.41, 5.74) is 0. The molecular weight excluding hydrogens is 282 g/mol. The molecular formula is C11H21N5O3S. The minimum atomic E-state index is -3.52. The largest absolute Gasteiger partial charge is 0.343 e. The highest BCUT2D eigenvalue weighted by Gasteiger charge is 2.31. The molecule has 0 aliphatic carbocycles. The highest BCUT2D eigenvalue weighted by atomic mass is 32.2. The van der Waals surface area contributed by atoms with Crippen molar-refractivity contribution in [2.75, 3.05) is 19.6 Å². The lowest BCUT2D eigenvalue weighted by atomic mass is 10.1. The van der Waals surface area contributed by atoms with Gasteiger partial charge in [0.1, 0.15) is 0 Å². The van der Waals surface area contributed by atoms with Crippen LogP contribution in [0.4, 0.5) is 0 Å². The van der Waals surface area contributed by atoms with Gasteiger partial charge in [-0.15, -0.1) is 0 Å². The van der Waals surface area contributed by atoms with Crippen molar-refractivity contribution in [1.82, 2.24) is 24.5 Å². The van der Waals surface area contributed by atoms with Crippen LogP contribution in [-0.4, -0.2) is 48.5 Å². The van der Waals surface area contributed by atoms with Crippen LogP contribution in [0.15, 0.2) is 10.9 Å². The molecule has 8 nitrogen and oxygen atoms in total. The first kappa shape index (κ1) is 15.4. The third-order valence-electron chi connectivity index (χ3n) is 3.33. The number of likely N-dealkylation sites (N-methyl/N-ethyl adjacent to an activating group) is 1. The van der Waals surface area contributed by atoms with Gasteiger partial charge in [0.25, 0.3) is 10.2 Å². The fourth-order valence-electron chi connectivity index (χ4n) is 2.31. The van der Waals surface area contributed by atoms with Gasteiger partial charge in [-0.2, -0.15) is 22.4 Å². The molecule has 114 valence electrons. The Morgan fingerprint density at radius 3 is 3.05 bits per heavy atom. The zero-order valence-corrected chi connectivity index (χ0v) is 12.4. The average molecular weight is 303 g/mol. The molecule has 0 amide bonds. The first-order valence-electron chi connectivity index (χ1n) is 6.86. The van der Waals surface area contributed by atoms with Gasteiger partial charge < -0.3 is 9.84 Å². The van der Waals surface area contributed by atoms with Crippen LogP contribution in [0.25, 0.3) is 0 Å². The summed E-state index contributed by atoms with van der Waals surface area (Å²) in [6.45, 7) is 4.12. The van der Waals surface area contributed by atoms with Gasteiger partial charge in [-0.3, -0.25) is 0 Å². The van der Waals surface area contributed by atoms with Crippen molar-refractivity contribution in [3.8, 4) is 0 Å². The molecule has 0 spiro atoms. The SMILES string of the molecule is CCNCC1CCCCN1S(=O)(=O)NCc1ncon1. The summed E-state index contributed by atoms with van der Waals surface area (Å²) in [7, 11) is -3.52. The van der Waals surface area contributed by atoms with Gasteiger partial charge in [0, 0.05) is 19.1 Å². The van der Waals surface area contributed by atoms with Gasteiger partial charge in [-0.25, -0.2) is 0 Å². The van der Waals surface area contributed by atoms with E-state index in [0.29, 0.717) is 18.9 Å². The molecule has 2 rings (SSSR count). The van der Waals surface area contributed by atoms with Crippen molar-refractivity contribution in [1.29, 1.82) is 0 Å². The van der Waals surface area contributed by atoms with Crippen molar-refractivity contribution in [3.63, 3.8) is 0 Å². The molecule has 1 aliphatic rings. The van der Waals surface area contributed by atoms with Crippen LogP contribution in [0.1, 0.15) is 32.0 Å². The van der Waals surface area contributed by atoms with Gasteiger partial charge in [0.05, 0.1) is 6.54 Å². The van der Waals surface area contributed by atoms with Crippen LogP contribution in [0.2, 0.25) is 0 Å². The number of piperidine rings is 1. The van der Waals surface area contributed by atoms with Crippen LogP contribution in [-0.2, 0) is 16.8 Å². The molecule has 0 aromatic carbocycles. The first-order chi connectivity index (χ1) is 9.63. The lowest BCUT2D eigenvalue weighted by Crippen LogP contribution is -2.52. The smallest absolute Gasteiger partial charge is 0.280 e. The molecule has 1 atom stereocenters. The lowest BCUT2D eigenvalue weighted by molar-refractivity contribution is 0.243. The Labute approximate surface area is 119 Å². The van der Waals surface area contributed by atoms with Gasteiger partial charge in [0.15, 0.2) is 5.82 Å². The van der Waals surface area contributed by atoms with Crippen molar-refractivity contribution in [2.45, 2.75) is 38.8 Å². The molecule has 0 saturated carbocycles. The minimum Gasteiger partial charge on any atom is -0.343 e. The molecule has 0 bridgehead atoms. The van der Waals surface area contributed by atoms with Crippen LogP contribution in [0.5, 0.6) is 0 Å². The molecule has 1 aromatic heterocycles. The molecule has 1 saturated heterocycles. The van der Waals surface area contributed by atoms with Crippen LogP contribution in [0, 0.1) is 0 Å². The zero-order chi connectivity index (χ0) is 14.4. The predicted octanol–water partition coefficient (Wildman–Crippen LogP) is -0.132. The predicted molar refractivity (Wildman–Crippen MR) is 72.9 cm³/mol. The molecule has 2 N–H and O–H groups in total. The second-order valence-corrected chi connectivity index (χ2v) is 6.45. The summed E-state index contributed by atoms with van der Waals surface area (Å²) < 4.78 is 33.4. The molecule has 20 heavy (non-hydrogen) atoms. The summed E-state index contributed by atoms with van der Waals surface area (Å²) in [5.74, 6) is 0.328. The Bertz CT molecular complexity index is 490. The molecule has 2 heterocycles. The van der Waals surface area contributed by atoms with E-state index in [1.807, 2.05) is 6.92 Å². The third kappa shape index (κ3) is 3.98. The van der Waals surface area contributed by atoms with Gasteiger partial charge in [-0.1, -0.05) is 18.5 Å². The highest BCUT2D eigenvalue weighted by molar-refractivity contribution is 7.87. The van der Waals surface area contributed by atoms with Crippen molar-refractivity contribution in [3.05, 3.63) is 12.2 Å². The lowest BCUT2D eigenvalue weighted by Gasteiger charge is -2.34. The van der Waals surface area contributed by atoms with Crippen molar-refractivity contribution in [2.24, 2.45) is 0 Å². The summed E-state index contributed by atoms with van der Waals surface area (Å²) in [4.78, 5) is 3.80. The van der Waals surface area contributed by atoms with E-state index in [-0.39, 0.29) is 12.6 Å². The van der Waals surface area contributed by atoms with Crippen LogP contribution < -0.4 is 10.0 Å². The first-order valence-corrected chi connectivity index (χ1v) is 8.30. The molecule has 1 aromatic rings. The number of aromatic nitrogens is 2. The number of rotatable bonds is 7. The Morgan fingerprint density at radius 1 is 1.50 bits per heavy atom. The van der Waals surface area contributed by atoms with E-state index in [4.69, 9.17) is 0 Å². The summed E-state index contributed by atoms with van der Waals surface area (Å²) >= 11 is 0. The topological polar surface area (TPSA) is 100 Å². The van der Waals surface area contributed by atoms with Gasteiger partial charge in [-0.05, 0) is 19.4 Å². The molecule has 1 unspecified atom stereocenters. The molecule has 1 fully saturated rings. The Balaban J connectivity index is 1.97.